The van der Waals surface area contributed by atoms with Crippen LogP contribution in [0.15, 0.2) is 10.2 Å². The highest BCUT2D eigenvalue weighted by Crippen LogP contribution is 2.45. The largest absolute Gasteiger partial charge is 0.444 e. The third-order valence-corrected chi connectivity index (χ3v) is 13.0. The number of alkyl carbamates (subject to hydrolysis) is 5. The Bertz CT molecular complexity index is 2520. The molecule has 34 heteroatoms. The molecule has 9 N–H and O–H groups in total. The first-order valence-corrected chi connectivity index (χ1v) is 28.5. The molecule has 4 saturated heterocycles. The smallest absolute Gasteiger partial charge is 0.411 e. The normalized spacial score (nSPS) is 32.7. The van der Waals surface area contributed by atoms with Crippen molar-refractivity contribution in [1.82, 2.24) is 31.5 Å². The number of amides is 6. The van der Waals surface area contributed by atoms with E-state index in [1.807, 2.05) is 0 Å². The molecule has 19 atom stereocenters. The van der Waals surface area contributed by atoms with Gasteiger partial charge in [0, 0.05) is 22.9 Å². The molecular weight excluding hydrogens is 1160 g/mol. The van der Waals surface area contributed by atoms with Gasteiger partial charge in [-0.05, 0) is 142 Å². The molecule has 5 rings (SSSR count). The fraction of sp³-hybridized carbons (Fsp3) is 0.887. The van der Waals surface area contributed by atoms with E-state index in [4.69, 9.17) is 56.8 Å². The Morgan fingerprint density at radius 1 is 0.494 bits per heavy atom. The van der Waals surface area contributed by atoms with E-state index in [9.17, 15) is 60.3 Å². The quantitative estimate of drug-likeness (QED) is 0.0348. The Labute approximate surface area is 504 Å². The van der Waals surface area contributed by atoms with Gasteiger partial charge in [0.25, 0.3) is 0 Å². The summed E-state index contributed by atoms with van der Waals surface area (Å²) in [7, 11) is 0. The van der Waals surface area contributed by atoms with Gasteiger partial charge in [-0.2, -0.15) is 0 Å². The van der Waals surface area contributed by atoms with Crippen molar-refractivity contribution >= 4 is 36.6 Å². The second-order valence-electron chi connectivity index (χ2n) is 27.5. The van der Waals surface area contributed by atoms with Crippen molar-refractivity contribution in [2.75, 3.05) is 19.7 Å². The van der Waals surface area contributed by atoms with E-state index in [0.717, 1.165) is 4.90 Å². The number of fused-ring (bicyclic) bond motifs is 1. The predicted molar refractivity (Wildman–Crippen MR) is 300 cm³/mol. The maximum Gasteiger partial charge on any atom is 0.411 e. The van der Waals surface area contributed by atoms with Crippen molar-refractivity contribution in [2.24, 2.45) is 10.2 Å². The number of rotatable bonds is 16. The topological polar surface area (TPSA) is 455 Å². The van der Waals surface area contributed by atoms with Gasteiger partial charge in [0.05, 0.1) is 49.0 Å². The van der Waals surface area contributed by atoms with E-state index in [2.05, 4.69) is 46.6 Å². The lowest BCUT2D eigenvalue weighted by atomic mass is 9.82. The number of hydrogen-bond acceptors (Lipinski definition) is 24. The molecule has 87 heavy (non-hydrogen) atoms. The Kier molecular flexibility index (Phi) is 23.1. The summed E-state index contributed by atoms with van der Waals surface area (Å²) in [5.74, 6) is 0. The predicted octanol–water partition coefficient (Wildman–Crippen LogP) is 3.87. The number of aliphatic hydroxyl groups excluding tert-OH is 4. The summed E-state index contributed by atoms with van der Waals surface area (Å²) in [6.45, 7) is 26.9. The van der Waals surface area contributed by atoms with E-state index < -0.39 is 206 Å². The summed E-state index contributed by atoms with van der Waals surface area (Å²) >= 11 is 0. The zero-order chi connectivity index (χ0) is 65.7. The second-order valence-corrected chi connectivity index (χ2v) is 27.5. The number of ether oxygens (including phenoxy) is 12. The molecule has 0 aromatic carbocycles. The highest BCUT2D eigenvalue weighted by molar-refractivity contribution is 5.73. The van der Waals surface area contributed by atoms with Crippen LogP contribution in [0.4, 0.5) is 28.8 Å². The van der Waals surface area contributed by atoms with Crippen LogP contribution in [0.1, 0.15) is 131 Å². The molecule has 4 aliphatic heterocycles. The average Bonchev–Trinajstić information content (AvgIpc) is 1.73. The van der Waals surface area contributed by atoms with Crippen LogP contribution in [0.2, 0.25) is 0 Å². The summed E-state index contributed by atoms with van der Waals surface area (Å²) in [6, 6.07) is -9.94. The number of carbonyl (C=O) groups excluding carboxylic acids is 6. The molecule has 0 radical (unpaired) electrons. The van der Waals surface area contributed by atoms with Crippen LogP contribution in [0.3, 0.4) is 0 Å². The molecule has 34 nitrogen and oxygen atoms in total. The summed E-state index contributed by atoms with van der Waals surface area (Å²) < 4.78 is 72.0. The summed E-state index contributed by atoms with van der Waals surface area (Å²) in [4.78, 5) is 88.2. The van der Waals surface area contributed by atoms with Gasteiger partial charge in [0.15, 0.2) is 18.9 Å². The lowest BCUT2D eigenvalue weighted by Crippen LogP contribution is -2.68. The third kappa shape index (κ3) is 21.0. The fourth-order valence-electron chi connectivity index (χ4n) is 9.86. The van der Waals surface area contributed by atoms with E-state index in [0.29, 0.717) is 0 Å². The summed E-state index contributed by atoms with van der Waals surface area (Å²) in [5.41, 5.74) is 13.6. The lowest BCUT2D eigenvalue weighted by molar-refractivity contribution is -0.279. The minimum Gasteiger partial charge on any atom is -0.444 e. The first-order chi connectivity index (χ1) is 39.9. The molecule has 4 heterocycles. The minimum absolute atomic E-state index is 0.372. The van der Waals surface area contributed by atoms with E-state index >= 15 is 0 Å². The van der Waals surface area contributed by atoms with Gasteiger partial charge in [-0.1, -0.05) is 10.2 Å². The van der Waals surface area contributed by atoms with Crippen molar-refractivity contribution in [3.63, 3.8) is 0 Å². The monoisotopic (exact) mass is 1250 g/mol. The Morgan fingerprint density at radius 2 is 0.908 bits per heavy atom. The van der Waals surface area contributed by atoms with Crippen LogP contribution in [-0.2, 0) is 56.8 Å². The Morgan fingerprint density at radius 3 is 1.38 bits per heavy atom. The molecule has 5 aliphatic rings. The van der Waals surface area contributed by atoms with Crippen molar-refractivity contribution in [3.8, 4) is 0 Å². The molecule has 5 fully saturated rings. The zero-order valence-electron chi connectivity index (χ0n) is 52.6. The van der Waals surface area contributed by atoms with E-state index in [1.54, 1.807) is 125 Å². The highest BCUT2D eigenvalue weighted by atomic mass is 16.8. The third-order valence-electron chi connectivity index (χ3n) is 13.0. The lowest BCUT2D eigenvalue weighted by Gasteiger charge is -2.47. The molecule has 1 aliphatic carbocycles. The van der Waals surface area contributed by atoms with Gasteiger partial charge in [0.1, 0.15) is 88.5 Å². The van der Waals surface area contributed by atoms with Crippen molar-refractivity contribution < 1.29 is 106 Å². The molecule has 0 unspecified atom stereocenters. The number of aliphatic hydroxyl groups is 4. The van der Waals surface area contributed by atoms with E-state index in [1.165, 1.54) is 0 Å². The van der Waals surface area contributed by atoms with Gasteiger partial charge in [0.2, 0.25) is 0 Å². The van der Waals surface area contributed by atoms with Gasteiger partial charge < -0.3 is 104 Å². The zero-order valence-corrected chi connectivity index (χ0v) is 52.6. The van der Waals surface area contributed by atoms with Crippen molar-refractivity contribution in [1.29, 1.82) is 0 Å². The van der Waals surface area contributed by atoms with Crippen LogP contribution >= 0.6 is 0 Å². The second kappa shape index (κ2) is 28.1. The van der Waals surface area contributed by atoms with Crippen LogP contribution in [0.25, 0.3) is 20.9 Å². The highest BCUT2D eigenvalue weighted by Gasteiger charge is 2.67. The van der Waals surface area contributed by atoms with Crippen LogP contribution in [-0.4, -0.2) is 231 Å². The molecular formula is C53H90N12O22. The number of nitrogens with one attached hydrogen (secondary N) is 5. The fourth-order valence-corrected chi connectivity index (χ4v) is 9.86. The van der Waals surface area contributed by atoms with Crippen LogP contribution < -0.4 is 26.6 Å². The molecule has 0 aromatic rings. The molecule has 0 spiro atoms. The Hall–Kier alpha value is -6.16. The van der Waals surface area contributed by atoms with Gasteiger partial charge >= 0.3 is 36.6 Å². The van der Waals surface area contributed by atoms with Gasteiger partial charge in [-0.3, -0.25) is 4.90 Å². The van der Waals surface area contributed by atoms with Crippen molar-refractivity contribution in [2.45, 2.75) is 281 Å². The average molecular weight is 1250 g/mol. The molecule has 6 amide bonds. The summed E-state index contributed by atoms with van der Waals surface area (Å²) in [5, 5.41) is 67.5. The molecule has 494 valence electrons. The minimum atomic E-state index is -2.06. The number of azide groups is 2. The van der Waals surface area contributed by atoms with Crippen molar-refractivity contribution in [3.05, 3.63) is 20.9 Å². The maximum absolute atomic E-state index is 14.0. The van der Waals surface area contributed by atoms with Crippen LogP contribution in [0, 0.1) is 0 Å². The first kappa shape index (κ1) is 71.6. The Balaban J connectivity index is 1.64. The standard InChI is InChI=1S/C53H90N12O22/c1-48(2,3)82-42(70)56-20-25-33(67)29(62-64-55)30(60-46(74)86-52(13,14)15)39(76-25)80-37-27(22-66)78-41(35(37)69)81-38-28(59-45(73)85-51(10,11)12)23(61-63-54)19-24(58-44(72)84-50(7,8)9)36(38)79-40-32-31(65(32)47(75)87-53(16,17)18)34(68)26(77-40)21-57-43(71)83-49(4,5)6/h23-41,66-69H,19-22H2,1-18H3,(H,56,70)(H,57,71)(H,58,72)(H,59,73)(H,60,74)/t23-,24-,25-,26+,27+,28+,29+,30+,31+,32-,33+,34+,35+,36+,37+,38+,39+,40+,41-,65?/m0/s1. The number of hydrogen-bond donors (Lipinski definition) is 9. The number of nitrogens with zero attached hydrogens (tertiary/aromatic N) is 7. The van der Waals surface area contributed by atoms with Crippen LogP contribution in [0.5, 0.6) is 0 Å². The SMILES string of the molecule is CC(C)(C)OC(=O)NC[C@@H]1O[C@H](O[C@H]2[C@@H](O)[C@H](O[C@@H]3[C@H](NC(=O)OC(C)(C)C)[C@@H](N=[N+]=[N-])C[C@H](NC(=O)OC(C)(C)C)[C@H]3O[C@H]3O[C@H](CNC(=O)OC(C)(C)C)[C@@H](O)[C@H]4[C@@H]3N4C(=O)OC(C)(C)C)O[C@@H]2CO)[C@H](NC(=O)OC(C)(C)C)[C@@H](N=[N+]=[N-])[C@@H]1O. The molecule has 1 saturated carbocycles. The van der Waals surface area contributed by atoms with E-state index in [-0.39, 0.29) is 6.42 Å². The first-order valence-electron chi connectivity index (χ1n) is 28.5. The number of carbonyl (C=O) groups is 6. The maximum atomic E-state index is 14.0. The van der Waals surface area contributed by atoms with Gasteiger partial charge in [-0.25, -0.2) is 28.8 Å². The van der Waals surface area contributed by atoms with Gasteiger partial charge in [-0.15, -0.1) is 0 Å². The molecule has 0 bridgehead atoms. The molecule has 0 aromatic heterocycles. The summed E-state index contributed by atoms with van der Waals surface area (Å²) in [6.07, 6.45) is -26.9.